The third-order valence-electron chi connectivity index (χ3n) is 4.55. The first kappa shape index (κ1) is 14.5. The highest BCUT2D eigenvalue weighted by molar-refractivity contribution is 5.61. The second kappa shape index (κ2) is 5.76. The van der Waals surface area contributed by atoms with E-state index in [0.717, 1.165) is 24.5 Å². The van der Waals surface area contributed by atoms with E-state index < -0.39 is 0 Å². The first-order valence-corrected chi connectivity index (χ1v) is 8.11. The largest absolute Gasteiger partial charge is 0.491 e. The Kier molecular flexibility index (Phi) is 3.98. The molecule has 2 atom stereocenters. The summed E-state index contributed by atoms with van der Waals surface area (Å²) in [5.41, 5.74) is 8.06. The number of hydrogen-bond donors (Lipinski definition) is 1. The lowest BCUT2D eigenvalue weighted by Crippen LogP contribution is -2.55. The Morgan fingerprint density at radius 3 is 2.81 bits per heavy atom. The van der Waals surface area contributed by atoms with Crippen molar-refractivity contribution in [1.29, 1.82) is 0 Å². The second-order valence-corrected chi connectivity index (χ2v) is 6.72. The van der Waals surface area contributed by atoms with Crippen molar-refractivity contribution in [2.45, 2.75) is 51.8 Å². The fraction of sp³-hybridized carbons (Fsp3) is 0.647. The monoisotopic (exact) mass is 289 g/mol. The predicted molar refractivity (Wildman–Crippen MR) is 88.0 cm³/mol. The molecule has 0 aromatic heterocycles. The van der Waals surface area contributed by atoms with Crippen LogP contribution in [0.2, 0.25) is 0 Å². The van der Waals surface area contributed by atoms with Crippen LogP contribution in [0.1, 0.15) is 33.6 Å². The van der Waals surface area contributed by atoms with Gasteiger partial charge in [-0.05, 0) is 46.2 Å². The lowest BCUT2D eigenvalue weighted by Gasteiger charge is -2.43. The van der Waals surface area contributed by atoms with Crippen LogP contribution in [0.15, 0.2) is 18.2 Å². The summed E-state index contributed by atoms with van der Waals surface area (Å²) in [5.74, 6) is 0.876. The minimum absolute atomic E-state index is 0.170. The number of nitrogens with zero attached hydrogens (tertiary/aromatic N) is 2. The van der Waals surface area contributed by atoms with E-state index in [2.05, 4.69) is 28.9 Å². The van der Waals surface area contributed by atoms with Gasteiger partial charge in [0.1, 0.15) is 5.75 Å². The van der Waals surface area contributed by atoms with Crippen molar-refractivity contribution in [2.24, 2.45) is 0 Å². The SMILES string of the molecule is CC(C)Oc1cc(N)cc(N2CC3CCCN3CC2C)c1. The third kappa shape index (κ3) is 3.10. The minimum Gasteiger partial charge on any atom is -0.491 e. The van der Waals surface area contributed by atoms with Crippen LogP contribution < -0.4 is 15.4 Å². The van der Waals surface area contributed by atoms with E-state index in [9.17, 15) is 0 Å². The van der Waals surface area contributed by atoms with Gasteiger partial charge in [0, 0.05) is 48.7 Å². The van der Waals surface area contributed by atoms with Crippen molar-refractivity contribution < 1.29 is 4.74 Å². The van der Waals surface area contributed by atoms with Gasteiger partial charge < -0.3 is 15.4 Å². The molecule has 0 radical (unpaired) electrons. The fourth-order valence-corrected chi connectivity index (χ4v) is 3.66. The minimum atomic E-state index is 0.170. The summed E-state index contributed by atoms with van der Waals surface area (Å²) in [7, 11) is 0. The number of ether oxygens (including phenoxy) is 1. The van der Waals surface area contributed by atoms with E-state index in [0.29, 0.717) is 12.1 Å². The molecule has 0 spiro atoms. The van der Waals surface area contributed by atoms with E-state index in [1.54, 1.807) is 0 Å². The molecule has 2 aliphatic heterocycles. The zero-order valence-electron chi connectivity index (χ0n) is 13.4. The maximum Gasteiger partial charge on any atom is 0.123 e. The van der Waals surface area contributed by atoms with E-state index in [-0.39, 0.29) is 6.10 Å². The topological polar surface area (TPSA) is 41.7 Å². The summed E-state index contributed by atoms with van der Waals surface area (Å²) in [5, 5.41) is 0. The number of fused-ring (bicyclic) bond motifs is 1. The Morgan fingerprint density at radius 1 is 1.24 bits per heavy atom. The van der Waals surface area contributed by atoms with Crippen LogP contribution in [0.5, 0.6) is 5.75 Å². The van der Waals surface area contributed by atoms with Crippen LogP contribution in [0.3, 0.4) is 0 Å². The van der Waals surface area contributed by atoms with Gasteiger partial charge in [0.05, 0.1) is 6.10 Å². The van der Waals surface area contributed by atoms with Crippen LogP contribution in [0.4, 0.5) is 11.4 Å². The Hall–Kier alpha value is -1.42. The first-order chi connectivity index (χ1) is 10.0. The molecule has 1 aromatic rings. The van der Waals surface area contributed by atoms with Crippen molar-refractivity contribution in [3.05, 3.63) is 18.2 Å². The van der Waals surface area contributed by atoms with Crippen molar-refractivity contribution in [1.82, 2.24) is 4.90 Å². The molecule has 2 fully saturated rings. The predicted octanol–water partition coefficient (Wildman–Crippen LogP) is 2.73. The van der Waals surface area contributed by atoms with Crippen LogP contribution in [0.25, 0.3) is 0 Å². The number of benzene rings is 1. The summed E-state index contributed by atoms with van der Waals surface area (Å²) in [6.07, 6.45) is 2.83. The lowest BCUT2D eigenvalue weighted by atomic mass is 10.1. The van der Waals surface area contributed by atoms with Gasteiger partial charge >= 0.3 is 0 Å². The maximum absolute atomic E-state index is 6.08. The Bertz CT molecular complexity index is 503. The Balaban J connectivity index is 1.83. The van der Waals surface area contributed by atoms with Crippen LogP contribution >= 0.6 is 0 Å². The van der Waals surface area contributed by atoms with E-state index in [1.165, 1.54) is 25.1 Å². The average molecular weight is 289 g/mol. The molecule has 2 unspecified atom stereocenters. The van der Waals surface area contributed by atoms with Gasteiger partial charge in [-0.15, -0.1) is 0 Å². The van der Waals surface area contributed by atoms with Gasteiger partial charge in [0.25, 0.3) is 0 Å². The molecule has 116 valence electrons. The molecule has 0 saturated carbocycles. The number of rotatable bonds is 3. The number of anilines is 2. The van der Waals surface area contributed by atoms with E-state index in [1.807, 2.05) is 19.9 Å². The van der Waals surface area contributed by atoms with Crippen LogP contribution in [-0.2, 0) is 0 Å². The number of piperazine rings is 1. The van der Waals surface area contributed by atoms with E-state index >= 15 is 0 Å². The van der Waals surface area contributed by atoms with Crippen LogP contribution in [-0.4, -0.2) is 42.7 Å². The average Bonchev–Trinajstić information content (AvgIpc) is 2.83. The van der Waals surface area contributed by atoms with E-state index in [4.69, 9.17) is 10.5 Å². The summed E-state index contributed by atoms with van der Waals surface area (Å²) in [6.45, 7) is 9.92. The summed E-state index contributed by atoms with van der Waals surface area (Å²) >= 11 is 0. The highest BCUT2D eigenvalue weighted by Gasteiger charge is 2.34. The van der Waals surface area contributed by atoms with Crippen LogP contribution in [0, 0.1) is 0 Å². The van der Waals surface area contributed by atoms with Crippen molar-refractivity contribution in [3.8, 4) is 5.75 Å². The zero-order valence-corrected chi connectivity index (χ0v) is 13.4. The molecule has 2 aliphatic rings. The fourth-order valence-electron chi connectivity index (χ4n) is 3.66. The molecule has 2 N–H and O–H groups in total. The summed E-state index contributed by atoms with van der Waals surface area (Å²) < 4.78 is 5.83. The zero-order chi connectivity index (χ0) is 15.0. The second-order valence-electron chi connectivity index (χ2n) is 6.72. The Morgan fingerprint density at radius 2 is 2.05 bits per heavy atom. The molecule has 0 aliphatic carbocycles. The van der Waals surface area contributed by atoms with Gasteiger partial charge in [-0.3, -0.25) is 4.90 Å². The van der Waals surface area contributed by atoms with Gasteiger partial charge in [-0.2, -0.15) is 0 Å². The molecule has 1 aromatic carbocycles. The summed E-state index contributed by atoms with van der Waals surface area (Å²) in [6, 6.07) is 7.36. The highest BCUT2D eigenvalue weighted by Crippen LogP contribution is 2.32. The van der Waals surface area contributed by atoms with Crippen molar-refractivity contribution >= 4 is 11.4 Å². The molecule has 0 amide bonds. The molecule has 0 bridgehead atoms. The molecule has 2 saturated heterocycles. The molecule has 2 heterocycles. The molecule has 4 heteroatoms. The van der Waals surface area contributed by atoms with Gasteiger partial charge in [0.15, 0.2) is 0 Å². The molecule has 4 nitrogen and oxygen atoms in total. The quantitative estimate of drug-likeness (QED) is 0.869. The molecular weight excluding hydrogens is 262 g/mol. The molecule has 3 rings (SSSR count). The molecule has 21 heavy (non-hydrogen) atoms. The van der Waals surface area contributed by atoms with Crippen molar-refractivity contribution in [2.75, 3.05) is 30.3 Å². The highest BCUT2D eigenvalue weighted by atomic mass is 16.5. The first-order valence-electron chi connectivity index (χ1n) is 8.11. The lowest BCUT2D eigenvalue weighted by molar-refractivity contribution is 0.202. The third-order valence-corrected chi connectivity index (χ3v) is 4.55. The number of hydrogen-bond acceptors (Lipinski definition) is 4. The normalized spacial score (nSPS) is 26.2. The summed E-state index contributed by atoms with van der Waals surface area (Å²) in [4.78, 5) is 5.13. The standard InChI is InChI=1S/C17H27N3O/c1-12(2)21-17-8-14(18)7-16(9-17)20-11-15-5-4-6-19(15)10-13(20)3/h7-9,12-13,15H,4-6,10-11,18H2,1-3H3. The molecular formula is C17H27N3O. The van der Waals surface area contributed by atoms with Gasteiger partial charge in [0.2, 0.25) is 0 Å². The smallest absolute Gasteiger partial charge is 0.123 e. The van der Waals surface area contributed by atoms with Crippen molar-refractivity contribution in [3.63, 3.8) is 0 Å². The number of nitrogens with two attached hydrogens (primary N) is 1. The Labute approximate surface area is 127 Å². The number of nitrogen functional groups attached to an aromatic ring is 1. The van der Waals surface area contributed by atoms with Gasteiger partial charge in [-0.25, -0.2) is 0 Å². The maximum atomic E-state index is 6.08. The van der Waals surface area contributed by atoms with Gasteiger partial charge in [-0.1, -0.05) is 0 Å².